The fraction of sp³-hybridized carbons (Fsp3) is 0.786. The fourth-order valence-electron chi connectivity index (χ4n) is 2.46. The molecule has 0 aromatic heterocycles. The van der Waals surface area contributed by atoms with Crippen LogP contribution in [0.5, 0.6) is 0 Å². The Balaban J connectivity index is 2.96. The number of rotatable bonds is 4. The summed E-state index contributed by atoms with van der Waals surface area (Å²) in [5, 5.41) is 2.38. The SMILES string of the molecule is CCOC(=O)C(C)(C)NC(=O)C1(C)CCCN1C(=O)C(F)(F)F. The highest BCUT2D eigenvalue weighted by atomic mass is 19.4. The van der Waals surface area contributed by atoms with Crippen molar-refractivity contribution in [2.75, 3.05) is 13.2 Å². The second-order valence-corrected chi connectivity index (χ2v) is 6.13. The van der Waals surface area contributed by atoms with E-state index in [1.807, 2.05) is 0 Å². The largest absolute Gasteiger partial charge is 0.471 e. The molecule has 1 saturated heterocycles. The molecule has 0 saturated carbocycles. The minimum atomic E-state index is -5.05. The highest BCUT2D eigenvalue weighted by molar-refractivity contribution is 5.96. The molecule has 1 atom stereocenters. The molecular formula is C14H21F3N2O4. The van der Waals surface area contributed by atoms with E-state index in [0.29, 0.717) is 4.90 Å². The van der Waals surface area contributed by atoms with E-state index in [1.54, 1.807) is 6.92 Å². The standard InChI is InChI=1S/C14H21F3N2O4/c1-5-23-11(22)12(2,3)18-9(20)13(4)7-6-8-19(13)10(21)14(15,16)17/h5-8H2,1-4H3,(H,18,20). The van der Waals surface area contributed by atoms with Gasteiger partial charge in [0.05, 0.1) is 6.61 Å². The van der Waals surface area contributed by atoms with Crippen LogP contribution in [0.15, 0.2) is 0 Å². The molecule has 0 aromatic carbocycles. The van der Waals surface area contributed by atoms with Crippen LogP contribution in [0, 0.1) is 0 Å². The zero-order chi connectivity index (χ0) is 18.1. The molecule has 0 radical (unpaired) electrons. The molecule has 0 aromatic rings. The first-order valence-electron chi connectivity index (χ1n) is 7.25. The van der Waals surface area contributed by atoms with Gasteiger partial charge in [-0.15, -0.1) is 0 Å². The van der Waals surface area contributed by atoms with Gasteiger partial charge in [-0.25, -0.2) is 4.79 Å². The molecule has 1 fully saturated rings. The molecule has 1 rings (SSSR count). The van der Waals surface area contributed by atoms with Crippen LogP contribution in [0.25, 0.3) is 0 Å². The molecule has 1 aliphatic heterocycles. The maximum Gasteiger partial charge on any atom is 0.471 e. The molecule has 1 N–H and O–H groups in total. The lowest BCUT2D eigenvalue weighted by atomic mass is 9.95. The summed E-state index contributed by atoms with van der Waals surface area (Å²) in [6.07, 6.45) is -4.70. The summed E-state index contributed by atoms with van der Waals surface area (Å²) in [7, 11) is 0. The van der Waals surface area contributed by atoms with E-state index in [1.165, 1.54) is 20.8 Å². The third-order valence-corrected chi connectivity index (χ3v) is 3.83. The predicted molar refractivity (Wildman–Crippen MR) is 74.3 cm³/mol. The molecule has 9 heteroatoms. The summed E-state index contributed by atoms with van der Waals surface area (Å²) in [6.45, 7) is 5.57. The number of likely N-dealkylation sites (tertiary alicyclic amines) is 1. The number of halogens is 3. The molecule has 1 heterocycles. The Morgan fingerprint density at radius 3 is 2.30 bits per heavy atom. The molecule has 0 bridgehead atoms. The second-order valence-electron chi connectivity index (χ2n) is 6.13. The minimum absolute atomic E-state index is 0.0829. The van der Waals surface area contributed by atoms with Crippen LogP contribution in [0.2, 0.25) is 0 Å². The Labute approximate surface area is 132 Å². The highest BCUT2D eigenvalue weighted by Gasteiger charge is 2.54. The maximum atomic E-state index is 12.7. The van der Waals surface area contributed by atoms with E-state index < -0.39 is 35.0 Å². The Bertz CT molecular complexity index is 505. The van der Waals surface area contributed by atoms with Crippen LogP contribution >= 0.6 is 0 Å². The van der Waals surface area contributed by atoms with Crippen molar-refractivity contribution in [1.29, 1.82) is 0 Å². The van der Waals surface area contributed by atoms with Gasteiger partial charge in [0.25, 0.3) is 0 Å². The lowest BCUT2D eigenvalue weighted by molar-refractivity contribution is -0.190. The summed E-state index contributed by atoms with van der Waals surface area (Å²) >= 11 is 0. The fourth-order valence-corrected chi connectivity index (χ4v) is 2.46. The number of hydrogen-bond acceptors (Lipinski definition) is 4. The average Bonchev–Trinajstić information content (AvgIpc) is 2.79. The molecular weight excluding hydrogens is 317 g/mol. The number of alkyl halides is 3. The van der Waals surface area contributed by atoms with E-state index in [2.05, 4.69) is 5.32 Å². The summed E-state index contributed by atoms with van der Waals surface area (Å²) in [6, 6.07) is 0. The van der Waals surface area contributed by atoms with E-state index in [0.717, 1.165) is 0 Å². The molecule has 23 heavy (non-hydrogen) atoms. The molecule has 0 aliphatic carbocycles. The lowest BCUT2D eigenvalue weighted by Crippen LogP contribution is -2.62. The van der Waals surface area contributed by atoms with Gasteiger partial charge in [-0.1, -0.05) is 0 Å². The van der Waals surface area contributed by atoms with Gasteiger partial charge in [-0.3, -0.25) is 9.59 Å². The van der Waals surface area contributed by atoms with Gasteiger partial charge in [0.2, 0.25) is 5.91 Å². The third kappa shape index (κ3) is 3.94. The van der Waals surface area contributed by atoms with Crippen LogP contribution in [-0.2, 0) is 19.1 Å². The van der Waals surface area contributed by atoms with Crippen molar-refractivity contribution < 1.29 is 32.3 Å². The number of nitrogens with one attached hydrogen (secondary N) is 1. The first-order chi connectivity index (χ1) is 10.4. The normalized spacial score (nSPS) is 22.0. The number of ether oxygens (including phenoxy) is 1. The number of hydrogen-bond donors (Lipinski definition) is 1. The smallest absolute Gasteiger partial charge is 0.464 e. The Hall–Kier alpha value is -1.80. The quantitative estimate of drug-likeness (QED) is 0.786. The lowest BCUT2D eigenvalue weighted by Gasteiger charge is -2.36. The van der Waals surface area contributed by atoms with Gasteiger partial charge in [-0.05, 0) is 40.5 Å². The van der Waals surface area contributed by atoms with Gasteiger partial charge in [0, 0.05) is 6.54 Å². The molecule has 2 amide bonds. The van der Waals surface area contributed by atoms with Crippen LogP contribution in [0.4, 0.5) is 13.2 Å². The van der Waals surface area contributed by atoms with Gasteiger partial charge < -0.3 is 15.0 Å². The van der Waals surface area contributed by atoms with Gasteiger partial charge in [0.1, 0.15) is 11.1 Å². The van der Waals surface area contributed by atoms with E-state index in [4.69, 9.17) is 4.74 Å². The maximum absolute atomic E-state index is 12.7. The third-order valence-electron chi connectivity index (χ3n) is 3.83. The summed E-state index contributed by atoms with van der Waals surface area (Å²) in [5.74, 6) is -3.57. The number of esters is 1. The van der Waals surface area contributed by atoms with Gasteiger partial charge in [0.15, 0.2) is 0 Å². The van der Waals surface area contributed by atoms with E-state index in [-0.39, 0.29) is 26.0 Å². The molecule has 1 unspecified atom stereocenters. The second kappa shape index (κ2) is 6.37. The van der Waals surface area contributed by atoms with Crippen molar-refractivity contribution in [3.05, 3.63) is 0 Å². The van der Waals surface area contributed by atoms with Crippen LogP contribution in [-0.4, -0.2) is 53.1 Å². The minimum Gasteiger partial charge on any atom is -0.464 e. The van der Waals surface area contributed by atoms with Gasteiger partial charge in [-0.2, -0.15) is 13.2 Å². The average molecular weight is 338 g/mol. The van der Waals surface area contributed by atoms with Crippen molar-refractivity contribution in [3.8, 4) is 0 Å². The predicted octanol–water partition coefficient (Wildman–Crippen LogP) is 1.39. The van der Waals surface area contributed by atoms with Crippen molar-refractivity contribution in [1.82, 2.24) is 10.2 Å². The molecule has 1 aliphatic rings. The van der Waals surface area contributed by atoms with Crippen LogP contribution in [0.1, 0.15) is 40.5 Å². The number of carbonyl (C=O) groups excluding carboxylic acids is 3. The van der Waals surface area contributed by atoms with Crippen molar-refractivity contribution in [3.63, 3.8) is 0 Å². The van der Waals surface area contributed by atoms with Crippen LogP contribution < -0.4 is 5.32 Å². The summed E-state index contributed by atoms with van der Waals surface area (Å²) in [5.41, 5.74) is -3.07. The first-order valence-corrected chi connectivity index (χ1v) is 7.25. The molecule has 132 valence electrons. The zero-order valence-corrected chi connectivity index (χ0v) is 13.5. The molecule has 6 nitrogen and oxygen atoms in total. The summed E-state index contributed by atoms with van der Waals surface area (Å²) in [4.78, 5) is 36.3. The van der Waals surface area contributed by atoms with Crippen molar-refractivity contribution in [2.24, 2.45) is 0 Å². The highest BCUT2D eigenvalue weighted by Crippen LogP contribution is 2.33. The zero-order valence-electron chi connectivity index (χ0n) is 13.5. The monoisotopic (exact) mass is 338 g/mol. The number of carbonyl (C=O) groups is 3. The topological polar surface area (TPSA) is 75.7 Å². The van der Waals surface area contributed by atoms with Crippen molar-refractivity contribution in [2.45, 2.75) is 57.8 Å². The van der Waals surface area contributed by atoms with E-state index in [9.17, 15) is 27.6 Å². The van der Waals surface area contributed by atoms with E-state index >= 15 is 0 Å². The summed E-state index contributed by atoms with van der Waals surface area (Å²) < 4.78 is 42.8. The Morgan fingerprint density at radius 1 is 1.26 bits per heavy atom. The van der Waals surface area contributed by atoms with Crippen LogP contribution in [0.3, 0.4) is 0 Å². The number of nitrogens with zero attached hydrogens (tertiary/aromatic N) is 1. The Morgan fingerprint density at radius 2 is 1.83 bits per heavy atom. The molecule has 0 spiro atoms. The first kappa shape index (κ1) is 19.2. The van der Waals surface area contributed by atoms with Gasteiger partial charge >= 0.3 is 18.1 Å². The Kier molecular flexibility index (Phi) is 5.33. The number of amides is 2. The van der Waals surface area contributed by atoms with Crippen molar-refractivity contribution >= 4 is 17.8 Å².